The van der Waals surface area contributed by atoms with Gasteiger partial charge in [0.25, 0.3) is 0 Å². The molecule has 2 N–H and O–H groups in total. The van der Waals surface area contributed by atoms with Crippen LogP contribution in [0.2, 0.25) is 0 Å². The van der Waals surface area contributed by atoms with Gasteiger partial charge in [-0.2, -0.15) is 0 Å². The molecule has 2 aromatic rings. The van der Waals surface area contributed by atoms with Gasteiger partial charge in [0.15, 0.2) is 0 Å². The topological polar surface area (TPSA) is 44.4 Å². The summed E-state index contributed by atoms with van der Waals surface area (Å²) in [5.41, 5.74) is 2.26. The van der Waals surface area contributed by atoms with Crippen molar-refractivity contribution >= 4 is 34.9 Å². The Bertz CT molecular complexity index is 729. The number of aryl methyl sites for hydroxylation is 1. The molecule has 1 fully saturated rings. The van der Waals surface area contributed by atoms with Gasteiger partial charge in [0.1, 0.15) is 0 Å². The first-order valence-corrected chi connectivity index (χ1v) is 10.1. The number of hydrogen-bond acceptors (Lipinski definition) is 2. The SMILES string of the molecule is CCCCCCCc1ccc2ccc(NC(=O)N3CCNCC3)cc2c1.Cl. The van der Waals surface area contributed by atoms with Gasteiger partial charge in [-0.05, 0) is 41.3 Å². The summed E-state index contributed by atoms with van der Waals surface area (Å²) in [7, 11) is 0. The van der Waals surface area contributed by atoms with Gasteiger partial charge in [-0.1, -0.05) is 56.9 Å². The van der Waals surface area contributed by atoms with Crippen LogP contribution in [0.4, 0.5) is 10.5 Å². The molecular formula is C22H32ClN3O. The fourth-order valence-corrected chi connectivity index (χ4v) is 3.53. The number of anilines is 1. The minimum atomic E-state index is -0.00192. The van der Waals surface area contributed by atoms with Gasteiger partial charge in [0.05, 0.1) is 0 Å². The third-order valence-corrected chi connectivity index (χ3v) is 5.13. The third kappa shape index (κ3) is 6.40. The monoisotopic (exact) mass is 389 g/mol. The van der Waals surface area contributed by atoms with Crippen LogP contribution in [0, 0.1) is 0 Å². The van der Waals surface area contributed by atoms with Crippen LogP contribution < -0.4 is 10.6 Å². The molecule has 27 heavy (non-hydrogen) atoms. The molecule has 0 saturated carbocycles. The second-order valence-corrected chi connectivity index (χ2v) is 7.23. The number of amides is 2. The molecule has 3 rings (SSSR count). The lowest BCUT2D eigenvalue weighted by atomic mass is 10.0. The summed E-state index contributed by atoms with van der Waals surface area (Å²) in [6, 6.07) is 12.9. The highest BCUT2D eigenvalue weighted by atomic mass is 35.5. The number of carbonyl (C=O) groups excluding carboxylic acids is 1. The molecule has 1 saturated heterocycles. The number of piperazine rings is 1. The fraction of sp³-hybridized carbons (Fsp3) is 0.500. The molecule has 148 valence electrons. The zero-order valence-electron chi connectivity index (χ0n) is 16.3. The van der Waals surface area contributed by atoms with Crippen molar-refractivity contribution in [1.29, 1.82) is 0 Å². The molecule has 0 aromatic heterocycles. The molecular weight excluding hydrogens is 358 g/mol. The number of fused-ring (bicyclic) bond motifs is 1. The zero-order valence-corrected chi connectivity index (χ0v) is 17.1. The molecule has 0 spiro atoms. The van der Waals surface area contributed by atoms with E-state index in [1.54, 1.807) is 0 Å². The number of halogens is 1. The van der Waals surface area contributed by atoms with E-state index in [1.807, 2.05) is 11.0 Å². The maximum Gasteiger partial charge on any atom is 0.321 e. The second-order valence-electron chi connectivity index (χ2n) is 7.23. The van der Waals surface area contributed by atoms with Crippen LogP contribution in [0.15, 0.2) is 36.4 Å². The van der Waals surface area contributed by atoms with E-state index in [0.717, 1.165) is 38.3 Å². The third-order valence-electron chi connectivity index (χ3n) is 5.13. The molecule has 1 aliphatic rings. The van der Waals surface area contributed by atoms with Crippen molar-refractivity contribution in [1.82, 2.24) is 10.2 Å². The van der Waals surface area contributed by atoms with Gasteiger partial charge in [0.2, 0.25) is 0 Å². The van der Waals surface area contributed by atoms with E-state index in [4.69, 9.17) is 0 Å². The van der Waals surface area contributed by atoms with Crippen molar-refractivity contribution in [2.24, 2.45) is 0 Å². The summed E-state index contributed by atoms with van der Waals surface area (Å²) in [5, 5.41) is 8.74. The molecule has 5 heteroatoms. The Balaban J connectivity index is 0.00000261. The number of rotatable bonds is 7. The number of benzene rings is 2. The Morgan fingerprint density at radius 3 is 2.52 bits per heavy atom. The highest BCUT2D eigenvalue weighted by Crippen LogP contribution is 2.22. The van der Waals surface area contributed by atoms with Crippen molar-refractivity contribution in [3.05, 3.63) is 42.0 Å². The zero-order chi connectivity index (χ0) is 18.2. The first-order valence-electron chi connectivity index (χ1n) is 10.1. The van der Waals surface area contributed by atoms with Gasteiger partial charge >= 0.3 is 6.03 Å². The molecule has 2 amide bonds. The van der Waals surface area contributed by atoms with Crippen LogP contribution in [-0.2, 0) is 6.42 Å². The molecule has 0 atom stereocenters. The summed E-state index contributed by atoms with van der Waals surface area (Å²) >= 11 is 0. The normalized spacial score (nSPS) is 14.0. The highest BCUT2D eigenvalue weighted by molar-refractivity contribution is 5.93. The number of nitrogens with zero attached hydrogens (tertiary/aromatic N) is 1. The predicted molar refractivity (Wildman–Crippen MR) is 117 cm³/mol. The fourth-order valence-electron chi connectivity index (χ4n) is 3.53. The Morgan fingerprint density at radius 2 is 1.74 bits per heavy atom. The number of hydrogen-bond donors (Lipinski definition) is 2. The maximum absolute atomic E-state index is 12.4. The Morgan fingerprint density at radius 1 is 1.00 bits per heavy atom. The largest absolute Gasteiger partial charge is 0.322 e. The Labute approximate surface area is 169 Å². The molecule has 4 nitrogen and oxygen atoms in total. The van der Waals surface area contributed by atoms with Crippen LogP contribution >= 0.6 is 12.4 Å². The van der Waals surface area contributed by atoms with E-state index < -0.39 is 0 Å². The first kappa shape index (κ1) is 21.5. The minimum absolute atomic E-state index is 0. The second kappa shape index (κ2) is 11.2. The van der Waals surface area contributed by atoms with Gasteiger partial charge in [-0.15, -0.1) is 12.4 Å². The van der Waals surface area contributed by atoms with Gasteiger partial charge < -0.3 is 15.5 Å². The summed E-state index contributed by atoms with van der Waals surface area (Å²) < 4.78 is 0. The Hall–Kier alpha value is -1.78. The van der Waals surface area contributed by atoms with E-state index in [-0.39, 0.29) is 18.4 Å². The lowest BCUT2D eigenvalue weighted by Gasteiger charge is -2.27. The van der Waals surface area contributed by atoms with Crippen molar-refractivity contribution in [3.8, 4) is 0 Å². The number of nitrogens with one attached hydrogen (secondary N) is 2. The van der Waals surface area contributed by atoms with Crippen LogP contribution in [0.3, 0.4) is 0 Å². The number of unbranched alkanes of at least 4 members (excludes halogenated alkanes) is 4. The summed E-state index contributed by atoms with van der Waals surface area (Å²) in [5.74, 6) is 0. The van der Waals surface area contributed by atoms with Crippen LogP contribution in [0.25, 0.3) is 10.8 Å². The summed E-state index contributed by atoms with van der Waals surface area (Å²) in [4.78, 5) is 14.3. The van der Waals surface area contributed by atoms with Crippen LogP contribution in [-0.4, -0.2) is 37.1 Å². The van der Waals surface area contributed by atoms with E-state index in [2.05, 4.69) is 47.9 Å². The quantitative estimate of drug-likeness (QED) is 0.638. The van der Waals surface area contributed by atoms with Crippen molar-refractivity contribution in [2.75, 3.05) is 31.5 Å². The smallest absolute Gasteiger partial charge is 0.321 e. The van der Waals surface area contributed by atoms with E-state index >= 15 is 0 Å². The molecule has 1 heterocycles. The molecule has 0 aliphatic carbocycles. The van der Waals surface area contributed by atoms with E-state index in [0.29, 0.717) is 0 Å². The highest BCUT2D eigenvalue weighted by Gasteiger charge is 2.16. The van der Waals surface area contributed by atoms with Gasteiger partial charge in [-0.25, -0.2) is 4.79 Å². The summed E-state index contributed by atoms with van der Waals surface area (Å²) in [6.07, 6.45) is 7.67. The van der Waals surface area contributed by atoms with E-state index in [1.165, 1.54) is 48.4 Å². The number of urea groups is 1. The van der Waals surface area contributed by atoms with Crippen LogP contribution in [0.1, 0.15) is 44.6 Å². The molecule has 0 bridgehead atoms. The number of carbonyl (C=O) groups is 1. The molecule has 2 aromatic carbocycles. The predicted octanol–water partition coefficient (Wildman–Crippen LogP) is 5.21. The molecule has 1 aliphatic heterocycles. The van der Waals surface area contributed by atoms with Crippen molar-refractivity contribution in [3.63, 3.8) is 0 Å². The lowest BCUT2D eigenvalue weighted by molar-refractivity contribution is 0.204. The lowest BCUT2D eigenvalue weighted by Crippen LogP contribution is -2.48. The van der Waals surface area contributed by atoms with E-state index in [9.17, 15) is 4.79 Å². The van der Waals surface area contributed by atoms with Crippen molar-refractivity contribution < 1.29 is 4.79 Å². The van der Waals surface area contributed by atoms with Crippen LogP contribution in [0.5, 0.6) is 0 Å². The summed E-state index contributed by atoms with van der Waals surface area (Å²) in [6.45, 7) is 5.52. The average Bonchev–Trinajstić information content (AvgIpc) is 2.68. The standard InChI is InChI=1S/C22H31N3O.ClH/c1-2-3-4-5-6-7-18-8-9-19-10-11-21(17-20(19)16-18)24-22(26)25-14-12-23-13-15-25;/h8-11,16-17,23H,2-7,12-15H2,1H3,(H,24,26);1H. The van der Waals surface area contributed by atoms with Crippen molar-refractivity contribution in [2.45, 2.75) is 45.4 Å². The first-order chi connectivity index (χ1) is 12.8. The molecule has 0 unspecified atom stereocenters. The minimum Gasteiger partial charge on any atom is -0.322 e. The maximum atomic E-state index is 12.4. The van der Waals surface area contributed by atoms with Gasteiger partial charge in [-0.3, -0.25) is 0 Å². The molecule has 0 radical (unpaired) electrons. The average molecular weight is 390 g/mol. The Kier molecular flexibility index (Phi) is 8.89. The van der Waals surface area contributed by atoms with Gasteiger partial charge in [0, 0.05) is 31.9 Å².